The second-order valence-corrected chi connectivity index (χ2v) is 4.21. The molecule has 0 bridgehead atoms. The molecule has 0 radical (unpaired) electrons. The lowest BCUT2D eigenvalue weighted by Gasteiger charge is -2.34. The van der Waals surface area contributed by atoms with E-state index in [1.165, 1.54) is 25.1 Å². The van der Waals surface area contributed by atoms with Crippen molar-refractivity contribution >= 4 is 0 Å². The van der Waals surface area contributed by atoms with E-state index in [0.29, 0.717) is 5.54 Å². The van der Waals surface area contributed by atoms with Crippen molar-refractivity contribution in [3.63, 3.8) is 0 Å². The van der Waals surface area contributed by atoms with Crippen LogP contribution in [0.15, 0.2) is 11.8 Å². The van der Waals surface area contributed by atoms with E-state index < -0.39 is 0 Å². The quantitative estimate of drug-likeness (QED) is 0.517. The SMILES string of the molecule is C/C=C1\CCCN1C(C)(C)C. The predicted molar refractivity (Wildman–Crippen MR) is 49.5 cm³/mol. The van der Waals surface area contributed by atoms with Crippen LogP contribution in [0.25, 0.3) is 0 Å². The molecule has 1 heteroatoms. The zero-order chi connectivity index (χ0) is 8.48. The van der Waals surface area contributed by atoms with E-state index in [4.69, 9.17) is 0 Å². The van der Waals surface area contributed by atoms with Gasteiger partial charge in [0.2, 0.25) is 0 Å². The van der Waals surface area contributed by atoms with E-state index >= 15 is 0 Å². The Labute approximate surface area is 70.1 Å². The van der Waals surface area contributed by atoms with Crippen LogP contribution < -0.4 is 0 Å². The van der Waals surface area contributed by atoms with Crippen molar-refractivity contribution in [3.8, 4) is 0 Å². The van der Waals surface area contributed by atoms with Gasteiger partial charge >= 0.3 is 0 Å². The summed E-state index contributed by atoms with van der Waals surface area (Å²) in [6, 6.07) is 0. The third-order valence-electron chi connectivity index (χ3n) is 2.30. The Bertz CT molecular complexity index is 162. The fourth-order valence-electron chi connectivity index (χ4n) is 1.76. The van der Waals surface area contributed by atoms with E-state index in [0.717, 1.165) is 0 Å². The first-order valence-corrected chi connectivity index (χ1v) is 4.48. The minimum Gasteiger partial charge on any atom is -0.370 e. The zero-order valence-corrected chi connectivity index (χ0v) is 8.15. The first kappa shape index (κ1) is 8.63. The van der Waals surface area contributed by atoms with Gasteiger partial charge in [-0.25, -0.2) is 0 Å². The molecule has 0 N–H and O–H groups in total. The van der Waals surface area contributed by atoms with Crippen LogP contribution in [-0.4, -0.2) is 17.0 Å². The van der Waals surface area contributed by atoms with Gasteiger partial charge in [0.05, 0.1) is 0 Å². The molecule has 11 heavy (non-hydrogen) atoms. The molecule has 1 rings (SSSR count). The van der Waals surface area contributed by atoms with Gasteiger partial charge in [-0.15, -0.1) is 0 Å². The van der Waals surface area contributed by atoms with Crippen LogP contribution in [0, 0.1) is 0 Å². The molecule has 1 heterocycles. The van der Waals surface area contributed by atoms with Crippen LogP contribution in [0.4, 0.5) is 0 Å². The molecule has 1 aliphatic rings. The fourth-order valence-corrected chi connectivity index (χ4v) is 1.76. The van der Waals surface area contributed by atoms with Gasteiger partial charge in [-0.05, 0) is 40.5 Å². The largest absolute Gasteiger partial charge is 0.370 e. The molecule has 1 nitrogen and oxygen atoms in total. The lowest BCUT2D eigenvalue weighted by atomic mass is 10.1. The van der Waals surface area contributed by atoms with Gasteiger partial charge in [-0.1, -0.05) is 6.08 Å². The highest BCUT2D eigenvalue weighted by Gasteiger charge is 2.26. The summed E-state index contributed by atoms with van der Waals surface area (Å²) in [6.07, 6.45) is 4.85. The van der Waals surface area contributed by atoms with Crippen LogP contribution in [-0.2, 0) is 0 Å². The maximum absolute atomic E-state index is 2.51. The molecular weight excluding hydrogens is 134 g/mol. The summed E-state index contributed by atoms with van der Waals surface area (Å²) < 4.78 is 0. The molecule has 0 aromatic rings. The number of rotatable bonds is 0. The molecule has 1 saturated heterocycles. The molecule has 64 valence electrons. The number of likely N-dealkylation sites (tertiary alicyclic amines) is 1. The molecule has 1 fully saturated rings. The van der Waals surface area contributed by atoms with Crippen LogP contribution in [0.1, 0.15) is 40.5 Å². The van der Waals surface area contributed by atoms with Gasteiger partial charge in [0.25, 0.3) is 0 Å². The van der Waals surface area contributed by atoms with Crippen molar-refractivity contribution in [3.05, 3.63) is 11.8 Å². The normalized spacial score (nSPS) is 23.3. The third-order valence-corrected chi connectivity index (χ3v) is 2.30. The molecule has 0 aromatic heterocycles. The fraction of sp³-hybridized carbons (Fsp3) is 0.800. The van der Waals surface area contributed by atoms with Gasteiger partial charge < -0.3 is 4.90 Å². The zero-order valence-electron chi connectivity index (χ0n) is 8.15. The van der Waals surface area contributed by atoms with Gasteiger partial charge in [0.15, 0.2) is 0 Å². The van der Waals surface area contributed by atoms with E-state index in [1.54, 1.807) is 0 Å². The van der Waals surface area contributed by atoms with Crippen LogP contribution in [0.2, 0.25) is 0 Å². The summed E-state index contributed by atoms with van der Waals surface area (Å²) >= 11 is 0. The molecule has 0 amide bonds. The summed E-state index contributed by atoms with van der Waals surface area (Å²) in [5.74, 6) is 0. The molecular formula is C10H19N. The van der Waals surface area contributed by atoms with Crippen molar-refractivity contribution < 1.29 is 0 Å². The molecule has 0 aliphatic carbocycles. The summed E-state index contributed by atoms with van der Waals surface area (Å²) in [5.41, 5.74) is 1.84. The lowest BCUT2D eigenvalue weighted by molar-refractivity contribution is 0.212. The van der Waals surface area contributed by atoms with Gasteiger partial charge in [-0.2, -0.15) is 0 Å². The lowest BCUT2D eigenvalue weighted by Crippen LogP contribution is -2.37. The number of nitrogens with zero attached hydrogens (tertiary/aromatic N) is 1. The standard InChI is InChI=1S/C10H19N/c1-5-9-7-6-8-11(9)10(2,3)4/h5H,6-8H2,1-4H3/b9-5+. The molecule has 1 aliphatic heterocycles. The van der Waals surface area contributed by atoms with Crippen molar-refractivity contribution in [2.24, 2.45) is 0 Å². The Hall–Kier alpha value is -0.460. The Balaban J connectivity index is 2.72. The maximum atomic E-state index is 2.51. The highest BCUT2D eigenvalue weighted by Crippen LogP contribution is 2.28. The highest BCUT2D eigenvalue weighted by atomic mass is 15.2. The Morgan fingerprint density at radius 3 is 2.36 bits per heavy atom. The third kappa shape index (κ3) is 1.76. The molecule has 0 aromatic carbocycles. The van der Waals surface area contributed by atoms with Crippen molar-refractivity contribution in [2.45, 2.75) is 46.1 Å². The minimum atomic E-state index is 0.318. The first-order valence-electron chi connectivity index (χ1n) is 4.48. The second-order valence-electron chi connectivity index (χ2n) is 4.21. The second kappa shape index (κ2) is 2.88. The Morgan fingerprint density at radius 1 is 1.36 bits per heavy atom. The van der Waals surface area contributed by atoms with Gasteiger partial charge in [0.1, 0.15) is 0 Å². The topological polar surface area (TPSA) is 3.24 Å². The summed E-state index contributed by atoms with van der Waals surface area (Å²) in [5, 5.41) is 0. The van der Waals surface area contributed by atoms with E-state index in [1.807, 2.05) is 0 Å². The number of hydrogen-bond acceptors (Lipinski definition) is 1. The summed E-state index contributed by atoms with van der Waals surface area (Å²) in [6.45, 7) is 10.2. The Kier molecular flexibility index (Phi) is 2.26. The molecule has 0 saturated carbocycles. The average Bonchev–Trinajstić information content (AvgIpc) is 2.31. The van der Waals surface area contributed by atoms with Gasteiger partial charge in [-0.3, -0.25) is 0 Å². The van der Waals surface area contributed by atoms with Crippen molar-refractivity contribution in [1.82, 2.24) is 4.90 Å². The minimum absolute atomic E-state index is 0.318. The van der Waals surface area contributed by atoms with Crippen LogP contribution >= 0.6 is 0 Å². The Morgan fingerprint density at radius 2 is 2.00 bits per heavy atom. The van der Waals surface area contributed by atoms with Crippen molar-refractivity contribution in [1.29, 1.82) is 0 Å². The van der Waals surface area contributed by atoms with Crippen LogP contribution in [0.5, 0.6) is 0 Å². The van der Waals surface area contributed by atoms with Crippen LogP contribution in [0.3, 0.4) is 0 Å². The summed E-state index contributed by atoms with van der Waals surface area (Å²) in [4.78, 5) is 2.51. The van der Waals surface area contributed by atoms with E-state index in [2.05, 4.69) is 38.7 Å². The van der Waals surface area contributed by atoms with Gasteiger partial charge in [0, 0.05) is 17.8 Å². The number of hydrogen-bond donors (Lipinski definition) is 0. The molecule has 0 atom stereocenters. The van der Waals surface area contributed by atoms with E-state index in [-0.39, 0.29) is 0 Å². The smallest absolute Gasteiger partial charge is 0.0314 e. The molecule has 0 unspecified atom stereocenters. The number of allylic oxidation sites excluding steroid dienone is 2. The highest BCUT2D eigenvalue weighted by molar-refractivity contribution is 5.08. The van der Waals surface area contributed by atoms with Crippen molar-refractivity contribution in [2.75, 3.05) is 6.54 Å². The monoisotopic (exact) mass is 153 g/mol. The predicted octanol–water partition coefficient (Wildman–Crippen LogP) is 2.78. The summed E-state index contributed by atoms with van der Waals surface area (Å²) in [7, 11) is 0. The molecule has 0 spiro atoms. The first-order chi connectivity index (χ1) is 5.05. The van der Waals surface area contributed by atoms with E-state index in [9.17, 15) is 0 Å². The average molecular weight is 153 g/mol. The maximum Gasteiger partial charge on any atom is 0.0314 e.